The molecule has 1 aromatic carbocycles. The van der Waals surface area contributed by atoms with Crippen LogP contribution in [0.15, 0.2) is 18.2 Å². The van der Waals surface area contributed by atoms with Gasteiger partial charge in [0.25, 0.3) is 0 Å². The highest BCUT2D eigenvalue weighted by atomic mass is 16.6. The van der Waals surface area contributed by atoms with Gasteiger partial charge in [0.15, 0.2) is 11.5 Å². The van der Waals surface area contributed by atoms with Crippen LogP contribution in [0.4, 0.5) is 0 Å². The minimum atomic E-state index is -0.492. The third kappa shape index (κ3) is 1.08. The Hall–Kier alpha value is -1.69. The summed E-state index contributed by atoms with van der Waals surface area (Å²) in [5.41, 5.74) is 0. The van der Waals surface area contributed by atoms with Gasteiger partial charge < -0.3 is 9.47 Å². The first kappa shape index (κ1) is 6.99. The highest BCUT2D eigenvalue weighted by molar-refractivity contribution is 5.40. The Morgan fingerprint density at radius 1 is 1.58 bits per heavy atom. The quantitative estimate of drug-likeness (QED) is 0.571. The first-order valence-electron chi connectivity index (χ1n) is 3.59. The number of nitriles is 1. The summed E-state index contributed by atoms with van der Waals surface area (Å²) in [4.78, 5) is 0. The van der Waals surface area contributed by atoms with Crippen LogP contribution >= 0.6 is 0 Å². The molecule has 0 aliphatic carbocycles. The van der Waals surface area contributed by atoms with E-state index in [1.165, 1.54) is 0 Å². The Labute approximate surface area is 70.1 Å². The van der Waals surface area contributed by atoms with Gasteiger partial charge in [-0.3, -0.25) is 0 Å². The fourth-order valence-corrected chi connectivity index (χ4v) is 1.03. The van der Waals surface area contributed by atoms with Crippen LogP contribution in [-0.2, 0) is 0 Å². The van der Waals surface area contributed by atoms with E-state index >= 15 is 0 Å². The molecule has 0 bridgehead atoms. The van der Waals surface area contributed by atoms with Gasteiger partial charge in [0.1, 0.15) is 12.7 Å². The van der Waals surface area contributed by atoms with Gasteiger partial charge in [0.05, 0.1) is 0 Å². The number of rotatable bonds is 0. The Kier molecular flexibility index (Phi) is 1.60. The van der Waals surface area contributed by atoms with Crippen molar-refractivity contribution in [1.29, 1.82) is 5.26 Å². The molecule has 59 valence electrons. The van der Waals surface area contributed by atoms with Crippen molar-refractivity contribution in [2.75, 3.05) is 6.61 Å². The third-order valence-electron chi connectivity index (χ3n) is 1.59. The van der Waals surface area contributed by atoms with E-state index in [1.807, 2.05) is 6.07 Å². The fourth-order valence-electron chi connectivity index (χ4n) is 1.03. The monoisotopic (exact) mass is 160 g/mol. The van der Waals surface area contributed by atoms with E-state index in [4.69, 9.17) is 14.7 Å². The van der Waals surface area contributed by atoms with E-state index in [0.717, 1.165) is 0 Å². The summed E-state index contributed by atoms with van der Waals surface area (Å²) in [7, 11) is 0. The maximum atomic E-state index is 8.55. The number of nitrogens with zero attached hydrogens (tertiary/aromatic N) is 1. The van der Waals surface area contributed by atoms with E-state index in [-0.39, 0.29) is 0 Å². The second-order valence-electron chi connectivity index (χ2n) is 2.42. The molecule has 2 rings (SSSR count). The molecule has 1 atom stereocenters. The fraction of sp³-hybridized carbons (Fsp3) is 0.222. The Morgan fingerprint density at radius 3 is 3.33 bits per heavy atom. The summed E-state index contributed by atoms with van der Waals surface area (Å²) in [6.07, 6.45) is -0.492. The molecule has 0 saturated heterocycles. The second kappa shape index (κ2) is 2.74. The molecule has 0 aromatic heterocycles. The van der Waals surface area contributed by atoms with Gasteiger partial charge >= 0.3 is 0 Å². The molecule has 1 unspecified atom stereocenters. The smallest absolute Gasteiger partial charge is 0.218 e. The molecular formula is C9H6NO2. The van der Waals surface area contributed by atoms with Crippen molar-refractivity contribution in [1.82, 2.24) is 0 Å². The largest absolute Gasteiger partial charge is 0.485 e. The van der Waals surface area contributed by atoms with E-state index in [1.54, 1.807) is 18.2 Å². The standard InChI is InChI=1S/C9H6NO2/c10-5-7-6-11-8-3-1-2-4-9(8)12-7/h1,3-4,7H,6H2. The van der Waals surface area contributed by atoms with Crippen LogP contribution < -0.4 is 9.47 Å². The number of hydrogen-bond acceptors (Lipinski definition) is 3. The lowest BCUT2D eigenvalue weighted by Crippen LogP contribution is -2.27. The zero-order valence-electron chi connectivity index (χ0n) is 6.28. The van der Waals surface area contributed by atoms with Gasteiger partial charge in [-0.25, -0.2) is 0 Å². The molecule has 1 aromatic rings. The maximum Gasteiger partial charge on any atom is 0.218 e. The van der Waals surface area contributed by atoms with Crippen molar-refractivity contribution in [3.8, 4) is 17.6 Å². The van der Waals surface area contributed by atoms with Crippen LogP contribution in [0.1, 0.15) is 0 Å². The summed E-state index contributed by atoms with van der Waals surface area (Å²) in [6.45, 7) is 0.299. The summed E-state index contributed by atoms with van der Waals surface area (Å²) in [5.74, 6) is 1.27. The number of hydrogen-bond donors (Lipinski definition) is 0. The van der Waals surface area contributed by atoms with Gasteiger partial charge in [0.2, 0.25) is 6.10 Å². The average molecular weight is 160 g/mol. The van der Waals surface area contributed by atoms with E-state index in [2.05, 4.69) is 6.07 Å². The third-order valence-corrected chi connectivity index (χ3v) is 1.59. The molecular weight excluding hydrogens is 154 g/mol. The van der Waals surface area contributed by atoms with Crippen molar-refractivity contribution in [3.05, 3.63) is 24.3 Å². The lowest BCUT2D eigenvalue weighted by Gasteiger charge is -2.21. The topological polar surface area (TPSA) is 42.2 Å². The molecule has 1 aliphatic rings. The number of fused-ring (bicyclic) bond motifs is 1. The van der Waals surface area contributed by atoms with Crippen LogP contribution in [0, 0.1) is 17.4 Å². The molecule has 0 spiro atoms. The number of ether oxygens (including phenoxy) is 2. The molecule has 1 heterocycles. The summed E-state index contributed by atoms with van der Waals surface area (Å²) >= 11 is 0. The Bertz CT molecular complexity index is 330. The first-order valence-corrected chi connectivity index (χ1v) is 3.59. The minimum absolute atomic E-state index is 0.299. The molecule has 0 N–H and O–H groups in total. The lowest BCUT2D eigenvalue weighted by molar-refractivity contribution is 0.127. The van der Waals surface area contributed by atoms with Gasteiger partial charge in [-0.1, -0.05) is 6.07 Å². The molecule has 0 amide bonds. The van der Waals surface area contributed by atoms with Gasteiger partial charge in [-0.15, -0.1) is 0 Å². The van der Waals surface area contributed by atoms with E-state index < -0.39 is 6.10 Å². The summed E-state index contributed by atoms with van der Waals surface area (Å²) in [5, 5.41) is 8.55. The first-order chi connectivity index (χ1) is 5.90. The van der Waals surface area contributed by atoms with Crippen LogP contribution in [0.5, 0.6) is 11.5 Å². The van der Waals surface area contributed by atoms with Gasteiger partial charge in [-0.05, 0) is 18.2 Å². The van der Waals surface area contributed by atoms with Gasteiger partial charge in [-0.2, -0.15) is 5.26 Å². The molecule has 12 heavy (non-hydrogen) atoms. The zero-order chi connectivity index (χ0) is 8.39. The SMILES string of the molecule is N#CC1COc2cc[c]cc2O1. The summed E-state index contributed by atoms with van der Waals surface area (Å²) < 4.78 is 10.5. The minimum Gasteiger partial charge on any atom is -0.485 e. The Morgan fingerprint density at radius 2 is 2.50 bits per heavy atom. The van der Waals surface area contributed by atoms with Crippen molar-refractivity contribution in [2.45, 2.75) is 6.10 Å². The maximum absolute atomic E-state index is 8.55. The molecule has 3 nitrogen and oxygen atoms in total. The lowest BCUT2D eigenvalue weighted by atomic mass is 10.3. The zero-order valence-corrected chi connectivity index (χ0v) is 6.28. The van der Waals surface area contributed by atoms with E-state index in [9.17, 15) is 0 Å². The normalized spacial score (nSPS) is 19.8. The molecule has 1 radical (unpaired) electrons. The molecule has 1 aliphatic heterocycles. The molecule has 0 saturated carbocycles. The summed E-state index contributed by atoms with van der Waals surface area (Å²) in [6, 6.07) is 10.0. The highest BCUT2D eigenvalue weighted by Gasteiger charge is 2.19. The van der Waals surface area contributed by atoms with Crippen molar-refractivity contribution >= 4 is 0 Å². The van der Waals surface area contributed by atoms with E-state index in [0.29, 0.717) is 18.1 Å². The van der Waals surface area contributed by atoms with Crippen molar-refractivity contribution < 1.29 is 9.47 Å². The van der Waals surface area contributed by atoms with Crippen LogP contribution in [0.3, 0.4) is 0 Å². The predicted octanol–water partition coefficient (Wildman–Crippen LogP) is 1.15. The van der Waals surface area contributed by atoms with Gasteiger partial charge in [0, 0.05) is 0 Å². The average Bonchev–Trinajstić information content (AvgIpc) is 2.17. The predicted molar refractivity (Wildman–Crippen MR) is 40.8 cm³/mol. The number of benzene rings is 1. The highest BCUT2D eigenvalue weighted by Crippen LogP contribution is 2.30. The molecule has 3 heteroatoms. The van der Waals surface area contributed by atoms with Crippen LogP contribution in [0.25, 0.3) is 0 Å². The Balaban J connectivity index is 2.30. The van der Waals surface area contributed by atoms with Crippen molar-refractivity contribution in [3.63, 3.8) is 0 Å². The van der Waals surface area contributed by atoms with Crippen molar-refractivity contribution in [2.24, 2.45) is 0 Å². The van der Waals surface area contributed by atoms with Crippen LogP contribution in [0.2, 0.25) is 0 Å². The molecule has 0 fully saturated rings. The second-order valence-corrected chi connectivity index (χ2v) is 2.42. The van der Waals surface area contributed by atoms with Crippen LogP contribution in [-0.4, -0.2) is 12.7 Å².